The number of hydrogen-bond donors (Lipinski definition) is 0. The van der Waals surface area contributed by atoms with E-state index in [0.717, 1.165) is 5.92 Å². The maximum atomic E-state index is 3.31. The molecule has 1 fully saturated rings. The Kier molecular flexibility index (Phi) is 3.90. The molecule has 0 aromatic heterocycles. The van der Waals surface area contributed by atoms with E-state index in [-0.39, 0.29) is 0 Å². The summed E-state index contributed by atoms with van der Waals surface area (Å²) in [6, 6.07) is 0. The second kappa shape index (κ2) is 5.00. The van der Waals surface area contributed by atoms with E-state index in [4.69, 9.17) is 0 Å². The van der Waals surface area contributed by atoms with E-state index in [2.05, 4.69) is 24.8 Å². The fraction of sp³-hybridized carbons (Fsp3) is 0.583. The van der Waals surface area contributed by atoms with Gasteiger partial charge in [-0.2, -0.15) is 0 Å². The molecule has 0 heterocycles. The van der Waals surface area contributed by atoms with Gasteiger partial charge in [0, 0.05) is 0 Å². The lowest BCUT2D eigenvalue weighted by atomic mass is 10.1. The van der Waals surface area contributed by atoms with Crippen LogP contribution >= 0.6 is 0 Å². The van der Waals surface area contributed by atoms with Crippen LogP contribution in [-0.4, -0.2) is 0 Å². The lowest BCUT2D eigenvalue weighted by Crippen LogP contribution is -1.84. The lowest BCUT2D eigenvalue weighted by molar-refractivity contribution is 0.691. The first-order valence-electron chi connectivity index (χ1n) is 4.92. The minimum Gasteiger partial charge on any atom is -0.126 e. The molecule has 0 heteroatoms. The molecule has 1 aliphatic rings. The summed E-state index contributed by atoms with van der Waals surface area (Å²) >= 11 is 0. The maximum Gasteiger partial charge on any atom is -0.0181 e. The highest BCUT2D eigenvalue weighted by atomic mass is 14.2. The van der Waals surface area contributed by atoms with Gasteiger partial charge in [-0.3, -0.25) is 0 Å². The largest absolute Gasteiger partial charge is 0.126 e. The highest BCUT2D eigenvalue weighted by Crippen LogP contribution is 2.30. The van der Waals surface area contributed by atoms with E-state index in [0.29, 0.717) is 0 Å². The minimum atomic E-state index is 0.799. The van der Waals surface area contributed by atoms with Crippen molar-refractivity contribution in [2.75, 3.05) is 0 Å². The molecule has 1 saturated carbocycles. The summed E-state index contributed by atoms with van der Waals surface area (Å²) in [7, 11) is 0. The third kappa shape index (κ3) is 2.71. The van der Waals surface area contributed by atoms with Crippen molar-refractivity contribution >= 4 is 0 Å². The van der Waals surface area contributed by atoms with Crippen molar-refractivity contribution < 1.29 is 0 Å². The quantitative estimate of drug-likeness (QED) is 0.427. The Morgan fingerprint density at radius 2 is 2.42 bits per heavy atom. The molecule has 1 rings (SSSR count). The Balaban J connectivity index is 2.46. The van der Waals surface area contributed by atoms with Gasteiger partial charge in [0.05, 0.1) is 0 Å². The van der Waals surface area contributed by atoms with Gasteiger partial charge in [0.25, 0.3) is 0 Å². The first-order chi connectivity index (χ1) is 5.86. The zero-order chi connectivity index (χ0) is 8.81. The van der Waals surface area contributed by atoms with Gasteiger partial charge in [0.15, 0.2) is 0 Å². The normalized spacial score (nSPS) is 23.2. The highest BCUT2D eigenvalue weighted by Gasteiger charge is 2.15. The van der Waals surface area contributed by atoms with E-state index in [1.165, 1.54) is 31.3 Å². The predicted molar refractivity (Wildman–Crippen MR) is 54.0 cm³/mol. The Morgan fingerprint density at radius 3 is 3.08 bits per heavy atom. The first kappa shape index (κ1) is 9.35. The second-order valence-electron chi connectivity index (χ2n) is 3.38. The molecule has 0 saturated heterocycles. The molecule has 0 aromatic carbocycles. The van der Waals surface area contributed by atoms with Crippen molar-refractivity contribution in [3.63, 3.8) is 0 Å². The molecule has 0 nitrogen and oxygen atoms in total. The monoisotopic (exact) mass is 162 g/mol. The molecule has 12 heavy (non-hydrogen) atoms. The summed E-state index contributed by atoms with van der Waals surface area (Å²) in [6.07, 6.45) is 11.7. The summed E-state index contributed by atoms with van der Waals surface area (Å²) in [5.41, 5.74) is 4.81. The average Bonchev–Trinajstić information content (AvgIpc) is 2.50. The Hall–Kier alpha value is -0.740. The molecular formula is C12H18. The lowest BCUT2D eigenvalue weighted by Gasteiger charge is -1.97. The van der Waals surface area contributed by atoms with E-state index >= 15 is 0 Å². The van der Waals surface area contributed by atoms with E-state index in [1.807, 2.05) is 13.0 Å². The van der Waals surface area contributed by atoms with Gasteiger partial charge >= 0.3 is 0 Å². The molecule has 1 aliphatic carbocycles. The Labute approximate surface area is 75.7 Å². The number of rotatable bonds is 2. The smallest absolute Gasteiger partial charge is 0.0181 e. The van der Waals surface area contributed by atoms with Crippen LogP contribution in [0.15, 0.2) is 29.5 Å². The number of hydrogen-bond acceptors (Lipinski definition) is 0. The van der Waals surface area contributed by atoms with E-state index < -0.39 is 0 Å². The van der Waals surface area contributed by atoms with Gasteiger partial charge in [0.2, 0.25) is 0 Å². The topological polar surface area (TPSA) is 0 Å². The molecule has 1 atom stereocenters. The fourth-order valence-electron chi connectivity index (χ4n) is 1.71. The molecule has 66 valence electrons. The summed E-state index contributed by atoms with van der Waals surface area (Å²) < 4.78 is 0. The van der Waals surface area contributed by atoms with Crippen LogP contribution in [0.3, 0.4) is 0 Å². The van der Waals surface area contributed by atoms with Crippen LogP contribution in [0.2, 0.25) is 0 Å². The highest BCUT2D eigenvalue weighted by molar-refractivity contribution is 5.11. The standard InChI is InChI=1S/C12H18/c1-3-5-7-12-9-8-11(10-12)6-4-2/h4-5,7,12H,3,8-10H2,1-2H3/b7-5+/t6?,12-/m1/s1. The summed E-state index contributed by atoms with van der Waals surface area (Å²) in [6.45, 7) is 4.23. The second-order valence-corrected chi connectivity index (χ2v) is 3.38. The fourth-order valence-corrected chi connectivity index (χ4v) is 1.71. The van der Waals surface area contributed by atoms with Crippen LogP contribution in [0.1, 0.15) is 39.5 Å². The van der Waals surface area contributed by atoms with Crippen molar-refractivity contribution in [3.8, 4) is 0 Å². The molecule has 0 radical (unpaired) electrons. The van der Waals surface area contributed by atoms with E-state index in [9.17, 15) is 0 Å². The third-order valence-electron chi connectivity index (χ3n) is 2.32. The molecule has 0 unspecified atom stereocenters. The van der Waals surface area contributed by atoms with Gasteiger partial charge in [0.1, 0.15) is 0 Å². The van der Waals surface area contributed by atoms with E-state index in [1.54, 1.807) is 0 Å². The summed E-state index contributed by atoms with van der Waals surface area (Å²) in [4.78, 5) is 0. The maximum absolute atomic E-state index is 3.31. The van der Waals surface area contributed by atoms with Crippen molar-refractivity contribution in [2.24, 2.45) is 5.92 Å². The molecular weight excluding hydrogens is 144 g/mol. The predicted octanol–water partition coefficient (Wildman–Crippen LogP) is 3.85. The van der Waals surface area contributed by atoms with Crippen LogP contribution in [0.5, 0.6) is 0 Å². The molecule has 0 aliphatic heterocycles. The first-order valence-corrected chi connectivity index (χ1v) is 4.92. The molecule has 0 bridgehead atoms. The van der Waals surface area contributed by atoms with Gasteiger partial charge < -0.3 is 0 Å². The zero-order valence-corrected chi connectivity index (χ0v) is 8.14. The third-order valence-corrected chi connectivity index (χ3v) is 2.32. The van der Waals surface area contributed by atoms with Crippen molar-refractivity contribution in [1.29, 1.82) is 0 Å². The van der Waals surface area contributed by atoms with Crippen LogP contribution in [0, 0.1) is 5.92 Å². The van der Waals surface area contributed by atoms with Crippen LogP contribution in [0.4, 0.5) is 0 Å². The molecule has 0 amide bonds. The van der Waals surface area contributed by atoms with Gasteiger partial charge in [-0.15, -0.1) is 5.73 Å². The van der Waals surface area contributed by atoms with Crippen molar-refractivity contribution in [3.05, 3.63) is 29.5 Å². The molecule has 0 spiro atoms. The van der Waals surface area contributed by atoms with Gasteiger partial charge in [-0.25, -0.2) is 0 Å². The van der Waals surface area contributed by atoms with Gasteiger partial charge in [-0.05, 0) is 50.2 Å². The average molecular weight is 162 g/mol. The summed E-state index contributed by atoms with van der Waals surface area (Å²) in [5, 5.41) is 0. The molecule has 0 aromatic rings. The minimum absolute atomic E-state index is 0.799. The van der Waals surface area contributed by atoms with Crippen LogP contribution in [-0.2, 0) is 0 Å². The molecule has 0 N–H and O–H groups in total. The Morgan fingerprint density at radius 1 is 1.58 bits per heavy atom. The van der Waals surface area contributed by atoms with Crippen molar-refractivity contribution in [1.82, 2.24) is 0 Å². The van der Waals surface area contributed by atoms with Crippen LogP contribution < -0.4 is 0 Å². The van der Waals surface area contributed by atoms with Crippen LogP contribution in [0.25, 0.3) is 0 Å². The van der Waals surface area contributed by atoms with Crippen molar-refractivity contribution in [2.45, 2.75) is 39.5 Å². The summed E-state index contributed by atoms with van der Waals surface area (Å²) in [5.74, 6) is 0.799. The SMILES string of the molecule is CC=C=C1CC[C@@H](/C=C/CC)C1. The zero-order valence-electron chi connectivity index (χ0n) is 8.14. The number of allylic oxidation sites excluding steroid dienone is 3. The van der Waals surface area contributed by atoms with Gasteiger partial charge in [-0.1, -0.05) is 19.1 Å². The Bertz CT molecular complexity index is 214.